The summed E-state index contributed by atoms with van der Waals surface area (Å²) in [6, 6.07) is 5.32. The van der Waals surface area contributed by atoms with E-state index in [4.69, 9.17) is 4.42 Å². The molecule has 0 fully saturated rings. The molecule has 0 aliphatic heterocycles. The lowest BCUT2D eigenvalue weighted by Gasteiger charge is -2.01. The number of halogens is 2. The summed E-state index contributed by atoms with van der Waals surface area (Å²) in [6.45, 7) is 0.287. The molecule has 6 heteroatoms. The van der Waals surface area contributed by atoms with Gasteiger partial charge in [0.1, 0.15) is 5.76 Å². The van der Waals surface area contributed by atoms with Gasteiger partial charge in [0.25, 0.3) is 0 Å². The maximum Gasteiger partial charge on any atom is 0.185 e. The van der Waals surface area contributed by atoms with Crippen LogP contribution >= 0.6 is 0 Å². The molecule has 0 aliphatic carbocycles. The number of benzene rings is 1. The highest BCUT2D eigenvalue weighted by Gasteiger charge is 2.10. The van der Waals surface area contributed by atoms with Gasteiger partial charge < -0.3 is 8.98 Å². The first-order valence-electron chi connectivity index (χ1n) is 5.51. The van der Waals surface area contributed by atoms with Crippen LogP contribution in [0.3, 0.4) is 0 Å². The van der Waals surface area contributed by atoms with Crippen molar-refractivity contribution in [1.29, 1.82) is 0 Å². The van der Waals surface area contributed by atoms with E-state index in [1.54, 1.807) is 16.7 Å². The molecule has 0 atom stereocenters. The Bertz CT molecular complexity index is 761. The third-order valence-corrected chi connectivity index (χ3v) is 2.79. The molecule has 0 aliphatic rings. The highest BCUT2D eigenvalue weighted by atomic mass is 19.2. The monoisotopic (exact) mass is 262 g/mol. The van der Waals surface area contributed by atoms with Crippen LogP contribution in [0.1, 0.15) is 16.3 Å². The summed E-state index contributed by atoms with van der Waals surface area (Å²) < 4.78 is 33.1. The molecule has 0 unspecified atom stereocenters. The smallest absolute Gasteiger partial charge is 0.185 e. The lowest BCUT2D eigenvalue weighted by Crippen LogP contribution is -1.97. The van der Waals surface area contributed by atoms with E-state index in [9.17, 15) is 13.6 Å². The second kappa shape index (κ2) is 4.31. The number of carbonyl (C=O) groups is 1. The Balaban J connectivity index is 2.01. The van der Waals surface area contributed by atoms with Crippen LogP contribution < -0.4 is 0 Å². The fourth-order valence-electron chi connectivity index (χ4n) is 1.89. The van der Waals surface area contributed by atoms with E-state index >= 15 is 0 Å². The van der Waals surface area contributed by atoms with Crippen molar-refractivity contribution >= 4 is 17.3 Å². The number of imidazole rings is 1. The number of furan rings is 1. The Morgan fingerprint density at radius 3 is 2.79 bits per heavy atom. The molecule has 0 N–H and O–H groups in total. The molecule has 1 aromatic carbocycles. The van der Waals surface area contributed by atoms with Gasteiger partial charge in [0, 0.05) is 12.1 Å². The second-order valence-corrected chi connectivity index (χ2v) is 4.05. The van der Waals surface area contributed by atoms with Crippen molar-refractivity contribution in [2.45, 2.75) is 6.54 Å². The Morgan fingerprint density at radius 2 is 2.05 bits per heavy atom. The summed E-state index contributed by atoms with van der Waals surface area (Å²) in [7, 11) is 0. The van der Waals surface area contributed by atoms with Crippen molar-refractivity contribution in [1.82, 2.24) is 9.55 Å². The Hall–Kier alpha value is -2.50. The zero-order valence-electron chi connectivity index (χ0n) is 9.64. The second-order valence-electron chi connectivity index (χ2n) is 4.05. The summed E-state index contributed by atoms with van der Waals surface area (Å²) in [6.07, 6.45) is 2.07. The van der Waals surface area contributed by atoms with Crippen molar-refractivity contribution in [2.75, 3.05) is 0 Å². The normalized spacial score (nSPS) is 11.1. The van der Waals surface area contributed by atoms with E-state index < -0.39 is 11.6 Å². The van der Waals surface area contributed by atoms with Crippen LogP contribution in [-0.4, -0.2) is 15.8 Å². The molecule has 2 aromatic heterocycles. The summed E-state index contributed by atoms with van der Waals surface area (Å²) in [5.41, 5.74) is 0.823. The van der Waals surface area contributed by atoms with Crippen LogP contribution in [0, 0.1) is 11.6 Å². The molecule has 0 bridgehead atoms. The van der Waals surface area contributed by atoms with Gasteiger partial charge in [-0.15, -0.1) is 0 Å². The number of hydrogen-bond acceptors (Lipinski definition) is 3. The van der Waals surface area contributed by atoms with E-state index in [1.165, 1.54) is 6.33 Å². The number of aromatic nitrogens is 2. The lowest BCUT2D eigenvalue weighted by molar-refractivity contribution is 0.109. The third kappa shape index (κ3) is 2.01. The SMILES string of the molecule is O=Cc1ccc(Cn2cnc3cc(F)c(F)cc32)o1. The van der Waals surface area contributed by atoms with Gasteiger partial charge in [-0.3, -0.25) is 4.79 Å². The number of aldehydes is 1. The average Bonchev–Trinajstić information content (AvgIpc) is 2.99. The van der Waals surface area contributed by atoms with Crippen LogP contribution in [0.4, 0.5) is 8.78 Å². The molecule has 0 spiro atoms. The molecule has 3 aromatic rings. The van der Waals surface area contributed by atoms with Gasteiger partial charge >= 0.3 is 0 Å². The van der Waals surface area contributed by atoms with E-state index in [-0.39, 0.29) is 12.3 Å². The molecular weight excluding hydrogens is 254 g/mol. The maximum atomic E-state index is 13.2. The molecule has 0 radical (unpaired) electrons. The minimum Gasteiger partial charge on any atom is -0.456 e. The van der Waals surface area contributed by atoms with Crippen LogP contribution in [-0.2, 0) is 6.54 Å². The zero-order valence-corrected chi connectivity index (χ0v) is 9.64. The Morgan fingerprint density at radius 1 is 1.26 bits per heavy atom. The van der Waals surface area contributed by atoms with Crippen LogP contribution in [0.15, 0.2) is 35.0 Å². The molecule has 3 rings (SSSR count). The minimum atomic E-state index is -0.931. The molecule has 19 heavy (non-hydrogen) atoms. The molecular formula is C13H8F2N2O2. The fraction of sp³-hybridized carbons (Fsp3) is 0.0769. The molecule has 4 nitrogen and oxygen atoms in total. The summed E-state index contributed by atoms with van der Waals surface area (Å²) >= 11 is 0. The minimum absolute atomic E-state index is 0.219. The Labute approximate surface area is 106 Å². The number of hydrogen-bond donors (Lipinski definition) is 0. The van der Waals surface area contributed by atoms with E-state index in [0.717, 1.165) is 12.1 Å². The van der Waals surface area contributed by atoms with Crippen LogP contribution in [0.5, 0.6) is 0 Å². The number of fused-ring (bicyclic) bond motifs is 1. The largest absolute Gasteiger partial charge is 0.456 e. The summed E-state index contributed by atoms with van der Waals surface area (Å²) in [4.78, 5) is 14.5. The third-order valence-electron chi connectivity index (χ3n) is 2.79. The highest BCUT2D eigenvalue weighted by Crippen LogP contribution is 2.19. The molecule has 0 saturated carbocycles. The predicted octanol–water partition coefficient (Wildman–Crippen LogP) is 2.77. The van der Waals surface area contributed by atoms with Crippen molar-refractivity contribution < 1.29 is 18.0 Å². The summed E-state index contributed by atoms with van der Waals surface area (Å²) in [5, 5.41) is 0. The quantitative estimate of drug-likeness (QED) is 0.682. The zero-order chi connectivity index (χ0) is 13.4. The van der Waals surface area contributed by atoms with Gasteiger partial charge in [-0.2, -0.15) is 0 Å². The van der Waals surface area contributed by atoms with Gasteiger partial charge in [-0.25, -0.2) is 13.8 Å². The average molecular weight is 262 g/mol. The van der Waals surface area contributed by atoms with Crippen molar-refractivity contribution in [2.24, 2.45) is 0 Å². The highest BCUT2D eigenvalue weighted by molar-refractivity contribution is 5.75. The first-order chi connectivity index (χ1) is 9.17. The van der Waals surface area contributed by atoms with Gasteiger partial charge in [0.15, 0.2) is 23.7 Å². The number of carbonyl (C=O) groups excluding carboxylic acids is 1. The van der Waals surface area contributed by atoms with Crippen LogP contribution in [0.2, 0.25) is 0 Å². The fourth-order valence-corrected chi connectivity index (χ4v) is 1.89. The van der Waals surface area contributed by atoms with Crippen molar-refractivity contribution in [3.63, 3.8) is 0 Å². The molecule has 0 saturated heterocycles. The number of rotatable bonds is 3. The van der Waals surface area contributed by atoms with Gasteiger partial charge in [0.05, 0.1) is 23.9 Å². The van der Waals surface area contributed by atoms with Gasteiger partial charge in [-0.1, -0.05) is 0 Å². The first kappa shape index (κ1) is 11.6. The first-order valence-corrected chi connectivity index (χ1v) is 5.51. The molecule has 96 valence electrons. The van der Waals surface area contributed by atoms with Crippen LogP contribution in [0.25, 0.3) is 11.0 Å². The summed E-state index contributed by atoms with van der Waals surface area (Å²) in [5.74, 6) is -1.11. The van der Waals surface area contributed by atoms with E-state index in [2.05, 4.69) is 4.98 Å². The number of nitrogens with zero attached hydrogens (tertiary/aromatic N) is 2. The lowest BCUT2D eigenvalue weighted by atomic mass is 10.3. The van der Waals surface area contributed by atoms with Crippen molar-refractivity contribution in [3.8, 4) is 0 Å². The van der Waals surface area contributed by atoms with E-state index in [1.807, 2.05) is 0 Å². The van der Waals surface area contributed by atoms with E-state index in [0.29, 0.717) is 23.1 Å². The standard InChI is InChI=1S/C13H8F2N2O2/c14-10-3-12-13(4-11(10)15)17(7-16-12)5-8-1-2-9(6-18)19-8/h1-4,6-7H,5H2. The topological polar surface area (TPSA) is 48.0 Å². The Kier molecular flexibility index (Phi) is 2.63. The molecule has 2 heterocycles. The predicted molar refractivity (Wildman–Crippen MR) is 62.8 cm³/mol. The maximum absolute atomic E-state index is 13.2. The van der Waals surface area contributed by atoms with Crippen molar-refractivity contribution in [3.05, 3.63) is 53.7 Å². The van der Waals surface area contributed by atoms with Gasteiger partial charge in [0.2, 0.25) is 0 Å². The molecule has 0 amide bonds. The van der Waals surface area contributed by atoms with Gasteiger partial charge in [-0.05, 0) is 12.1 Å².